The van der Waals surface area contributed by atoms with Crippen molar-refractivity contribution < 1.29 is 19.4 Å². The molecule has 2 aromatic carbocycles. The quantitative estimate of drug-likeness (QED) is 0.248. The fourth-order valence-electron chi connectivity index (χ4n) is 6.77. The van der Waals surface area contributed by atoms with Crippen LogP contribution in [0.5, 0.6) is 0 Å². The number of aromatic nitrogens is 3. The number of aromatic carboxylic acids is 1. The third-order valence-corrected chi connectivity index (χ3v) is 8.91. The van der Waals surface area contributed by atoms with Gasteiger partial charge in [0.05, 0.1) is 46.9 Å². The van der Waals surface area contributed by atoms with Gasteiger partial charge in [0.25, 0.3) is 0 Å². The molecule has 0 spiro atoms. The monoisotopic (exact) mass is 574 g/mol. The molecule has 8 nitrogen and oxygen atoms in total. The summed E-state index contributed by atoms with van der Waals surface area (Å²) in [6, 6.07) is 21.5. The molecule has 1 aliphatic heterocycles. The number of rotatable bonds is 6. The van der Waals surface area contributed by atoms with E-state index in [0.29, 0.717) is 32.2 Å². The zero-order valence-corrected chi connectivity index (χ0v) is 24.0. The van der Waals surface area contributed by atoms with Crippen LogP contribution in [0.1, 0.15) is 53.9 Å². The number of ether oxygens (including phenoxy) is 1. The summed E-state index contributed by atoms with van der Waals surface area (Å²) in [7, 11) is 0. The van der Waals surface area contributed by atoms with Gasteiger partial charge in [-0.1, -0.05) is 43.5 Å². The lowest BCUT2D eigenvalue weighted by Gasteiger charge is -2.28. The number of benzene rings is 2. The average Bonchev–Trinajstić information content (AvgIpc) is 3.38. The van der Waals surface area contributed by atoms with Crippen LogP contribution in [0.4, 0.5) is 0 Å². The van der Waals surface area contributed by atoms with E-state index in [1.54, 1.807) is 18.3 Å². The summed E-state index contributed by atoms with van der Waals surface area (Å²) in [6.45, 7) is 2.31. The van der Waals surface area contributed by atoms with Gasteiger partial charge in [0.1, 0.15) is 6.54 Å². The Morgan fingerprint density at radius 1 is 0.907 bits per heavy atom. The van der Waals surface area contributed by atoms with Crippen LogP contribution >= 0.6 is 0 Å². The zero-order valence-electron chi connectivity index (χ0n) is 24.0. The smallest absolute Gasteiger partial charge is 0.335 e. The van der Waals surface area contributed by atoms with E-state index >= 15 is 0 Å². The Balaban J connectivity index is 1.41. The molecule has 1 saturated carbocycles. The molecule has 8 heteroatoms. The summed E-state index contributed by atoms with van der Waals surface area (Å²) >= 11 is 0. The molecule has 1 saturated heterocycles. The molecule has 218 valence electrons. The molecule has 5 aromatic rings. The molecule has 0 bridgehead atoms. The molecule has 1 amide bonds. The van der Waals surface area contributed by atoms with Crippen molar-refractivity contribution in [2.24, 2.45) is 0 Å². The fraction of sp³-hybridized carbons (Fsp3) is 0.314. The third-order valence-electron chi connectivity index (χ3n) is 8.91. The largest absolute Gasteiger partial charge is 0.478 e. The highest BCUT2D eigenvalue weighted by Crippen LogP contribution is 2.45. The summed E-state index contributed by atoms with van der Waals surface area (Å²) in [6.07, 6.45) is 7.47. The number of carboxylic acids is 1. The highest BCUT2D eigenvalue weighted by molar-refractivity contribution is 6.00. The van der Waals surface area contributed by atoms with Gasteiger partial charge in [-0.2, -0.15) is 0 Å². The first-order valence-corrected chi connectivity index (χ1v) is 15.1. The highest BCUT2D eigenvalue weighted by Gasteiger charge is 2.29. The van der Waals surface area contributed by atoms with Crippen LogP contribution in [-0.2, 0) is 16.1 Å². The SMILES string of the molecule is O=C(O)c1ccc2c(C3CCCCC3)c(-c3ccc4nc(-c5ccccn5)ccc4c3)n(CC(=O)N3CCOCC3)c2c1. The van der Waals surface area contributed by atoms with E-state index in [1.165, 1.54) is 12.0 Å². The molecule has 4 heterocycles. The van der Waals surface area contributed by atoms with Crippen molar-refractivity contribution in [3.05, 3.63) is 84.1 Å². The first-order valence-electron chi connectivity index (χ1n) is 15.1. The van der Waals surface area contributed by atoms with Gasteiger partial charge in [0.2, 0.25) is 5.91 Å². The van der Waals surface area contributed by atoms with Crippen LogP contribution in [0.2, 0.25) is 0 Å². The van der Waals surface area contributed by atoms with E-state index < -0.39 is 5.97 Å². The second-order valence-electron chi connectivity index (χ2n) is 11.5. The van der Waals surface area contributed by atoms with Crippen molar-refractivity contribution in [3.63, 3.8) is 0 Å². The number of carboxylic acid groups (broad SMARTS) is 1. The Bertz CT molecular complexity index is 1820. The predicted octanol–water partition coefficient (Wildman–Crippen LogP) is 6.52. The van der Waals surface area contributed by atoms with Gasteiger partial charge in [-0.05, 0) is 72.4 Å². The zero-order chi connectivity index (χ0) is 29.3. The molecule has 1 N–H and O–H groups in total. The first kappa shape index (κ1) is 27.3. The molecule has 7 rings (SSSR count). The summed E-state index contributed by atoms with van der Waals surface area (Å²) in [5, 5.41) is 11.9. The lowest BCUT2D eigenvalue weighted by Crippen LogP contribution is -2.42. The van der Waals surface area contributed by atoms with Crippen LogP contribution in [-0.4, -0.2) is 62.7 Å². The minimum Gasteiger partial charge on any atom is -0.478 e. The minimum absolute atomic E-state index is 0.0137. The van der Waals surface area contributed by atoms with Crippen molar-refractivity contribution in [3.8, 4) is 22.6 Å². The Morgan fingerprint density at radius 2 is 1.74 bits per heavy atom. The number of hydrogen-bond acceptors (Lipinski definition) is 5. The van der Waals surface area contributed by atoms with Crippen molar-refractivity contribution in [1.82, 2.24) is 19.4 Å². The Labute approximate surface area is 249 Å². The lowest BCUT2D eigenvalue weighted by molar-refractivity contribution is -0.135. The number of amides is 1. The van der Waals surface area contributed by atoms with Crippen LogP contribution in [0, 0.1) is 0 Å². The predicted molar refractivity (Wildman–Crippen MR) is 166 cm³/mol. The lowest BCUT2D eigenvalue weighted by atomic mass is 9.81. The van der Waals surface area contributed by atoms with Gasteiger partial charge in [0, 0.05) is 30.1 Å². The van der Waals surface area contributed by atoms with E-state index in [0.717, 1.165) is 70.1 Å². The molecule has 1 aliphatic carbocycles. The summed E-state index contributed by atoms with van der Waals surface area (Å²) in [5.41, 5.74) is 6.74. The van der Waals surface area contributed by atoms with Crippen molar-refractivity contribution in [1.29, 1.82) is 0 Å². The third kappa shape index (κ3) is 5.27. The fourth-order valence-corrected chi connectivity index (χ4v) is 6.77. The molecule has 43 heavy (non-hydrogen) atoms. The second-order valence-corrected chi connectivity index (χ2v) is 11.5. The topological polar surface area (TPSA) is 97.5 Å². The van der Waals surface area contributed by atoms with Gasteiger partial charge in [0.15, 0.2) is 0 Å². The Morgan fingerprint density at radius 3 is 2.51 bits per heavy atom. The van der Waals surface area contributed by atoms with E-state index in [9.17, 15) is 14.7 Å². The molecule has 2 fully saturated rings. The number of fused-ring (bicyclic) bond motifs is 2. The molecule has 3 aromatic heterocycles. The number of morpholine rings is 1. The van der Waals surface area contributed by atoms with Gasteiger partial charge in [-0.15, -0.1) is 0 Å². The Hall–Kier alpha value is -4.56. The van der Waals surface area contributed by atoms with Crippen LogP contribution in [0.25, 0.3) is 44.5 Å². The standard InChI is InChI=1S/C35H34N4O4/c40-32(38-16-18-43-19-17-38)22-39-31-21-26(35(41)42)9-12-27(31)33(23-6-2-1-3-7-23)34(39)25-11-13-28-24(20-25)10-14-30(37-28)29-8-4-5-15-36-29/h4-5,8-15,20-21,23H,1-3,6-7,16-19,22H2,(H,41,42). The van der Waals surface area contributed by atoms with Crippen molar-refractivity contribution >= 4 is 33.7 Å². The Kier molecular flexibility index (Phi) is 7.37. The number of hydrogen-bond donors (Lipinski definition) is 1. The van der Waals surface area contributed by atoms with Crippen molar-refractivity contribution in [2.45, 2.75) is 44.6 Å². The van der Waals surface area contributed by atoms with E-state index in [1.807, 2.05) is 41.3 Å². The first-order chi connectivity index (χ1) is 21.1. The normalized spacial score (nSPS) is 16.1. The maximum absolute atomic E-state index is 13.7. The van der Waals surface area contributed by atoms with E-state index in [-0.39, 0.29) is 18.0 Å². The number of carbonyl (C=O) groups is 2. The number of nitrogens with zero attached hydrogens (tertiary/aromatic N) is 4. The van der Waals surface area contributed by atoms with Gasteiger partial charge < -0.3 is 19.3 Å². The number of carbonyl (C=O) groups excluding carboxylic acids is 1. The molecule has 0 atom stereocenters. The van der Waals surface area contributed by atoms with E-state index in [4.69, 9.17) is 9.72 Å². The molecule has 2 aliphatic rings. The summed E-state index contributed by atoms with van der Waals surface area (Å²) in [4.78, 5) is 37.0. The van der Waals surface area contributed by atoms with Crippen molar-refractivity contribution in [2.75, 3.05) is 26.3 Å². The van der Waals surface area contributed by atoms with Crippen LogP contribution in [0.3, 0.4) is 0 Å². The summed E-state index contributed by atoms with van der Waals surface area (Å²) < 4.78 is 7.56. The number of pyridine rings is 2. The van der Waals surface area contributed by atoms with E-state index in [2.05, 4.69) is 27.8 Å². The molecular weight excluding hydrogens is 540 g/mol. The maximum atomic E-state index is 13.7. The minimum atomic E-state index is -0.976. The second kappa shape index (κ2) is 11.6. The van der Waals surface area contributed by atoms with Gasteiger partial charge >= 0.3 is 5.97 Å². The van der Waals surface area contributed by atoms with Gasteiger partial charge in [-0.3, -0.25) is 9.78 Å². The molecule has 0 radical (unpaired) electrons. The van der Waals surface area contributed by atoms with Crippen LogP contribution in [0.15, 0.2) is 72.9 Å². The van der Waals surface area contributed by atoms with Gasteiger partial charge in [-0.25, -0.2) is 9.78 Å². The average molecular weight is 575 g/mol. The molecule has 0 unspecified atom stereocenters. The molecular formula is C35H34N4O4. The highest BCUT2D eigenvalue weighted by atomic mass is 16.5. The maximum Gasteiger partial charge on any atom is 0.335 e. The van der Waals surface area contributed by atoms with Crippen LogP contribution < -0.4 is 0 Å². The summed E-state index contributed by atoms with van der Waals surface area (Å²) in [5.74, 6) is -0.628.